The highest BCUT2D eigenvalue weighted by molar-refractivity contribution is 5.97. The lowest BCUT2D eigenvalue weighted by atomic mass is 10.1. The minimum Gasteiger partial charge on any atom is -0.508 e. The van der Waals surface area contributed by atoms with Gasteiger partial charge in [-0.1, -0.05) is 6.07 Å². The lowest BCUT2D eigenvalue weighted by Crippen LogP contribution is -2.42. The molecule has 0 aromatic heterocycles. The number of amides is 2. The zero-order valence-electron chi connectivity index (χ0n) is 8.93. The van der Waals surface area contributed by atoms with Crippen LogP contribution in [0.25, 0.3) is 0 Å². The maximum absolute atomic E-state index is 11.7. The van der Waals surface area contributed by atoms with Gasteiger partial charge in [0.05, 0.1) is 0 Å². The number of phenolic OH excluding ortho intramolecular Hbond substituents is 1. The van der Waals surface area contributed by atoms with Gasteiger partial charge in [0, 0.05) is 11.8 Å². The lowest BCUT2D eigenvalue weighted by molar-refractivity contribution is -0.118. The summed E-state index contributed by atoms with van der Waals surface area (Å²) >= 11 is 0. The van der Waals surface area contributed by atoms with E-state index in [0.717, 1.165) is 5.56 Å². The molecule has 90 valence electrons. The van der Waals surface area contributed by atoms with Gasteiger partial charge >= 0.3 is 6.09 Å². The number of rotatable bonds is 1. The standard InChI is InChI=1S/C11H12N2O4/c14-7-3-1-6-2-4-8(13-11(16)17)10(15)12-9(6)5-7/h1,3,5,8,13-14H,2,4H2,(H,12,15)(H,16,17). The van der Waals surface area contributed by atoms with Crippen molar-refractivity contribution < 1.29 is 19.8 Å². The maximum Gasteiger partial charge on any atom is 0.405 e. The van der Waals surface area contributed by atoms with Crippen molar-refractivity contribution in [2.45, 2.75) is 18.9 Å². The monoisotopic (exact) mass is 236 g/mol. The molecule has 1 aromatic rings. The Morgan fingerprint density at radius 3 is 2.94 bits per heavy atom. The molecule has 0 spiro atoms. The predicted octanol–water partition coefficient (Wildman–Crippen LogP) is 0.913. The molecule has 0 bridgehead atoms. The van der Waals surface area contributed by atoms with Crippen LogP contribution in [-0.4, -0.2) is 28.3 Å². The van der Waals surface area contributed by atoms with E-state index in [1.54, 1.807) is 6.07 Å². The van der Waals surface area contributed by atoms with Gasteiger partial charge in [-0.25, -0.2) is 4.79 Å². The third kappa shape index (κ3) is 2.47. The number of hydrogen-bond donors (Lipinski definition) is 4. The molecule has 2 amide bonds. The summed E-state index contributed by atoms with van der Waals surface area (Å²) in [4.78, 5) is 22.2. The zero-order chi connectivity index (χ0) is 12.4. The average Bonchev–Trinajstić information content (AvgIpc) is 2.38. The van der Waals surface area contributed by atoms with Crippen molar-refractivity contribution in [3.63, 3.8) is 0 Å². The molecule has 0 fully saturated rings. The molecular weight excluding hydrogens is 224 g/mol. The summed E-state index contributed by atoms with van der Waals surface area (Å²) in [6, 6.07) is 3.95. The first-order valence-electron chi connectivity index (χ1n) is 5.18. The van der Waals surface area contributed by atoms with Gasteiger partial charge in [0.25, 0.3) is 0 Å². The van der Waals surface area contributed by atoms with E-state index in [1.807, 2.05) is 0 Å². The molecule has 0 saturated carbocycles. The Kier molecular flexibility index (Phi) is 2.86. The van der Waals surface area contributed by atoms with Gasteiger partial charge in [0.2, 0.25) is 5.91 Å². The molecule has 17 heavy (non-hydrogen) atoms. The summed E-state index contributed by atoms with van der Waals surface area (Å²) in [5.74, 6) is -0.342. The molecular formula is C11H12N2O4. The fraction of sp³-hybridized carbons (Fsp3) is 0.273. The minimum absolute atomic E-state index is 0.0636. The number of nitrogens with one attached hydrogen (secondary N) is 2. The van der Waals surface area contributed by atoms with Crippen molar-refractivity contribution >= 4 is 17.7 Å². The van der Waals surface area contributed by atoms with Crippen molar-refractivity contribution in [3.8, 4) is 5.75 Å². The smallest absolute Gasteiger partial charge is 0.405 e. The van der Waals surface area contributed by atoms with Gasteiger partial charge in [0.1, 0.15) is 11.8 Å². The van der Waals surface area contributed by atoms with E-state index < -0.39 is 18.0 Å². The number of carbonyl (C=O) groups excluding carboxylic acids is 1. The zero-order valence-corrected chi connectivity index (χ0v) is 8.93. The summed E-state index contributed by atoms with van der Waals surface area (Å²) in [7, 11) is 0. The van der Waals surface area contributed by atoms with Gasteiger partial charge in [-0.15, -0.1) is 0 Å². The van der Waals surface area contributed by atoms with E-state index in [4.69, 9.17) is 5.11 Å². The van der Waals surface area contributed by atoms with Gasteiger partial charge in [-0.2, -0.15) is 0 Å². The number of phenols is 1. The second-order valence-corrected chi connectivity index (χ2v) is 3.87. The number of aryl methyl sites for hydroxylation is 1. The molecule has 1 aliphatic heterocycles. The van der Waals surface area contributed by atoms with E-state index in [1.165, 1.54) is 12.1 Å². The van der Waals surface area contributed by atoms with E-state index in [0.29, 0.717) is 18.5 Å². The van der Waals surface area contributed by atoms with Crippen LogP contribution in [0, 0.1) is 0 Å². The Bertz CT molecular complexity index is 473. The molecule has 6 nitrogen and oxygen atoms in total. The highest BCUT2D eigenvalue weighted by atomic mass is 16.4. The van der Waals surface area contributed by atoms with Crippen molar-refractivity contribution in [1.82, 2.24) is 5.32 Å². The Morgan fingerprint density at radius 2 is 2.24 bits per heavy atom. The Morgan fingerprint density at radius 1 is 1.47 bits per heavy atom. The van der Waals surface area contributed by atoms with Crippen molar-refractivity contribution in [2.24, 2.45) is 0 Å². The van der Waals surface area contributed by atoms with E-state index in [9.17, 15) is 14.7 Å². The third-order valence-electron chi connectivity index (χ3n) is 2.67. The van der Waals surface area contributed by atoms with Gasteiger partial charge < -0.3 is 20.8 Å². The SMILES string of the molecule is O=C(O)NC1CCc2ccc(O)cc2NC1=O. The summed E-state index contributed by atoms with van der Waals surface area (Å²) in [6.07, 6.45) is -0.256. The fourth-order valence-corrected chi connectivity index (χ4v) is 1.84. The quantitative estimate of drug-likeness (QED) is 0.582. The molecule has 1 heterocycles. The van der Waals surface area contributed by atoms with Crippen molar-refractivity contribution in [2.75, 3.05) is 5.32 Å². The Balaban J connectivity index is 2.22. The Labute approximate surface area is 97.3 Å². The molecule has 0 radical (unpaired) electrons. The first-order valence-corrected chi connectivity index (χ1v) is 5.18. The van der Waals surface area contributed by atoms with Crippen LogP contribution >= 0.6 is 0 Å². The molecule has 1 unspecified atom stereocenters. The summed E-state index contributed by atoms with van der Waals surface area (Å²) in [6.45, 7) is 0. The van der Waals surface area contributed by atoms with Gasteiger partial charge in [-0.05, 0) is 24.5 Å². The van der Waals surface area contributed by atoms with Crippen LogP contribution in [0.5, 0.6) is 5.75 Å². The number of carbonyl (C=O) groups is 2. The fourth-order valence-electron chi connectivity index (χ4n) is 1.84. The van der Waals surface area contributed by atoms with Crippen LogP contribution in [0.15, 0.2) is 18.2 Å². The van der Waals surface area contributed by atoms with E-state index in [-0.39, 0.29) is 5.75 Å². The van der Waals surface area contributed by atoms with Crippen LogP contribution in [0.3, 0.4) is 0 Å². The predicted molar refractivity (Wildman–Crippen MR) is 60.0 cm³/mol. The number of hydrogen-bond acceptors (Lipinski definition) is 3. The molecule has 4 N–H and O–H groups in total. The van der Waals surface area contributed by atoms with Crippen LogP contribution in [0.1, 0.15) is 12.0 Å². The molecule has 1 atom stereocenters. The first kappa shape index (κ1) is 11.3. The number of fused-ring (bicyclic) bond motifs is 1. The van der Waals surface area contributed by atoms with E-state index in [2.05, 4.69) is 10.6 Å². The second kappa shape index (κ2) is 4.32. The minimum atomic E-state index is -1.22. The van der Waals surface area contributed by atoms with Crippen LogP contribution in [0.4, 0.5) is 10.5 Å². The summed E-state index contributed by atoms with van der Waals surface area (Å²) in [5, 5.41) is 22.7. The molecule has 1 aromatic carbocycles. The highest BCUT2D eigenvalue weighted by Gasteiger charge is 2.24. The van der Waals surface area contributed by atoms with E-state index >= 15 is 0 Å². The highest BCUT2D eigenvalue weighted by Crippen LogP contribution is 2.25. The van der Waals surface area contributed by atoms with Crippen molar-refractivity contribution in [3.05, 3.63) is 23.8 Å². The number of anilines is 1. The normalized spacial score (nSPS) is 18.8. The molecule has 1 aliphatic rings. The van der Waals surface area contributed by atoms with Gasteiger partial charge in [-0.3, -0.25) is 4.79 Å². The molecule has 6 heteroatoms. The average molecular weight is 236 g/mol. The number of aromatic hydroxyl groups is 1. The van der Waals surface area contributed by atoms with Gasteiger partial charge in [0.15, 0.2) is 0 Å². The maximum atomic E-state index is 11.7. The van der Waals surface area contributed by atoms with Crippen molar-refractivity contribution in [1.29, 1.82) is 0 Å². The molecule has 2 rings (SSSR count). The lowest BCUT2D eigenvalue weighted by Gasteiger charge is -2.12. The first-order chi connectivity index (χ1) is 8.06. The van der Waals surface area contributed by atoms with Crippen LogP contribution in [0.2, 0.25) is 0 Å². The topological polar surface area (TPSA) is 98.7 Å². The van der Waals surface area contributed by atoms with Crippen LogP contribution < -0.4 is 10.6 Å². The third-order valence-corrected chi connectivity index (χ3v) is 2.67. The van der Waals surface area contributed by atoms with Crippen LogP contribution in [-0.2, 0) is 11.2 Å². The number of carboxylic acid groups (broad SMARTS) is 1. The molecule has 0 aliphatic carbocycles. The number of benzene rings is 1. The second-order valence-electron chi connectivity index (χ2n) is 3.87. The molecule has 0 saturated heterocycles. The summed E-state index contributed by atoms with van der Waals surface area (Å²) < 4.78 is 0. The largest absolute Gasteiger partial charge is 0.508 e. The summed E-state index contributed by atoms with van der Waals surface area (Å²) in [5.41, 5.74) is 1.41. The Hall–Kier alpha value is -2.24.